The maximum absolute atomic E-state index is 13.1. The third kappa shape index (κ3) is 3.42. The number of carbonyl (C=O) groups is 1. The number of aryl methyl sites for hydroxylation is 1. The lowest BCUT2D eigenvalue weighted by Crippen LogP contribution is -2.42. The number of amides is 1. The summed E-state index contributed by atoms with van der Waals surface area (Å²) in [6.45, 7) is 3.33. The molecule has 7 heteroatoms. The minimum atomic E-state index is -0.279. The average molecular weight is 388 g/mol. The molecular weight excluding hydrogens is 371 g/mol. The molecule has 0 bridgehead atoms. The zero-order valence-corrected chi connectivity index (χ0v) is 15.8. The highest BCUT2D eigenvalue weighted by Gasteiger charge is 2.28. The molecule has 4 nitrogen and oxygen atoms in total. The molecule has 0 spiro atoms. The maximum atomic E-state index is 13.1. The van der Waals surface area contributed by atoms with E-state index in [2.05, 4.69) is 4.98 Å². The van der Waals surface area contributed by atoms with Crippen molar-refractivity contribution < 1.29 is 13.9 Å². The zero-order valence-electron chi connectivity index (χ0n) is 14.1. The Hall–Kier alpha value is -2.09. The van der Waals surface area contributed by atoms with Crippen LogP contribution in [0.2, 0.25) is 0 Å². The highest BCUT2D eigenvalue weighted by atomic mass is 32.1. The van der Waals surface area contributed by atoms with E-state index in [1.165, 1.54) is 23.5 Å². The lowest BCUT2D eigenvalue weighted by molar-refractivity contribution is -0.0227. The summed E-state index contributed by atoms with van der Waals surface area (Å²) in [4.78, 5) is 21.1. The number of nitrogens with zero attached hydrogens (tertiary/aromatic N) is 2. The SMILES string of the molecule is Cc1nc(-c2cccs2)sc1C(=O)N1CCOC(c2ccc(F)cc2)C1. The number of rotatable bonds is 3. The number of benzene rings is 1. The lowest BCUT2D eigenvalue weighted by Gasteiger charge is -2.33. The Morgan fingerprint density at radius 2 is 2.12 bits per heavy atom. The van der Waals surface area contributed by atoms with E-state index in [9.17, 15) is 9.18 Å². The van der Waals surface area contributed by atoms with E-state index in [0.717, 1.165) is 21.1 Å². The predicted molar refractivity (Wildman–Crippen MR) is 101 cm³/mol. The third-order valence-corrected chi connectivity index (χ3v) is 6.50. The van der Waals surface area contributed by atoms with Gasteiger partial charge in [-0.25, -0.2) is 9.37 Å². The molecule has 26 heavy (non-hydrogen) atoms. The van der Waals surface area contributed by atoms with E-state index in [1.807, 2.05) is 24.4 Å². The quantitative estimate of drug-likeness (QED) is 0.662. The Bertz CT molecular complexity index is 906. The van der Waals surface area contributed by atoms with Crippen LogP contribution < -0.4 is 0 Å². The lowest BCUT2D eigenvalue weighted by atomic mass is 10.1. The fraction of sp³-hybridized carbons (Fsp3) is 0.263. The molecule has 3 heterocycles. The first kappa shape index (κ1) is 17.3. The largest absolute Gasteiger partial charge is 0.370 e. The summed E-state index contributed by atoms with van der Waals surface area (Å²) < 4.78 is 18.9. The number of thiophene rings is 1. The highest BCUT2D eigenvalue weighted by Crippen LogP contribution is 2.32. The van der Waals surface area contributed by atoms with E-state index < -0.39 is 0 Å². The zero-order chi connectivity index (χ0) is 18.1. The smallest absolute Gasteiger partial charge is 0.266 e. The summed E-state index contributed by atoms with van der Waals surface area (Å²) in [6, 6.07) is 10.2. The molecule has 0 aliphatic carbocycles. The number of carbonyl (C=O) groups excluding carboxylic acids is 1. The van der Waals surface area contributed by atoms with Crippen LogP contribution in [0.3, 0.4) is 0 Å². The summed E-state index contributed by atoms with van der Waals surface area (Å²) in [5.41, 5.74) is 1.64. The summed E-state index contributed by atoms with van der Waals surface area (Å²) in [6.07, 6.45) is -0.238. The second-order valence-corrected chi connectivity index (χ2v) is 8.02. The molecule has 1 saturated heterocycles. The standard InChI is InChI=1S/C19H17FN2O2S2/c1-12-17(26-18(21-12)16-3-2-10-25-16)19(23)22-8-9-24-15(11-22)13-4-6-14(20)7-5-13/h2-7,10,15H,8-9,11H2,1H3. The molecule has 1 atom stereocenters. The molecule has 4 rings (SSSR count). The molecule has 134 valence electrons. The number of morpholine rings is 1. The minimum Gasteiger partial charge on any atom is -0.370 e. The van der Waals surface area contributed by atoms with Gasteiger partial charge in [-0.2, -0.15) is 0 Å². The van der Waals surface area contributed by atoms with Gasteiger partial charge in [0.15, 0.2) is 0 Å². The average Bonchev–Trinajstić information content (AvgIpc) is 3.31. The van der Waals surface area contributed by atoms with Gasteiger partial charge in [-0.05, 0) is 36.1 Å². The van der Waals surface area contributed by atoms with Crippen LogP contribution in [0, 0.1) is 12.7 Å². The molecule has 1 amide bonds. The molecule has 1 aliphatic rings. The third-order valence-electron chi connectivity index (χ3n) is 4.32. The first-order valence-electron chi connectivity index (χ1n) is 8.29. The van der Waals surface area contributed by atoms with Gasteiger partial charge in [-0.1, -0.05) is 18.2 Å². The number of ether oxygens (including phenoxy) is 1. The van der Waals surface area contributed by atoms with Gasteiger partial charge in [-0.3, -0.25) is 4.79 Å². The Morgan fingerprint density at radius 1 is 1.31 bits per heavy atom. The van der Waals surface area contributed by atoms with Gasteiger partial charge < -0.3 is 9.64 Å². The number of thiazole rings is 1. The van der Waals surface area contributed by atoms with Crippen molar-refractivity contribution in [2.45, 2.75) is 13.0 Å². The first-order chi connectivity index (χ1) is 12.6. The topological polar surface area (TPSA) is 42.4 Å². The molecule has 0 radical (unpaired) electrons. The second kappa shape index (κ2) is 7.26. The van der Waals surface area contributed by atoms with E-state index in [-0.39, 0.29) is 17.8 Å². The highest BCUT2D eigenvalue weighted by molar-refractivity contribution is 7.22. The summed E-state index contributed by atoms with van der Waals surface area (Å²) >= 11 is 3.05. The molecule has 0 saturated carbocycles. The van der Waals surface area contributed by atoms with Crippen LogP contribution in [0.4, 0.5) is 4.39 Å². The van der Waals surface area contributed by atoms with E-state index >= 15 is 0 Å². The molecule has 3 aromatic rings. The molecule has 1 aliphatic heterocycles. The van der Waals surface area contributed by atoms with Crippen molar-refractivity contribution in [3.63, 3.8) is 0 Å². The number of hydrogen-bond acceptors (Lipinski definition) is 5. The van der Waals surface area contributed by atoms with Crippen molar-refractivity contribution in [3.05, 3.63) is 63.7 Å². The Labute approximate surface area is 158 Å². The molecule has 1 aromatic carbocycles. The van der Waals surface area contributed by atoms with Gasteiger partial charge in [0.1, 0.15) is 21.8 Å². The van der Waals surface area contributed by atoms with Gasteiger partial charge in [0.25, 0.3) is 5.91 Å². The Morgan fingerprint density at radius 3 is 2.85 bits per heavy atom. The fourth-order valence-electron chi connectivity index (χ4n) is 2.96. The van der Waals surface area contributed by atoms with E-state index in [1.54, 1.807) is 28.4 Å². The van der Waals surface area contributed by atoms with Crippen LogP contribution >= 0.6 is 22.7 Å². The van der Waals surface area contributed by atoms with E-state index in [0.29, 0.717) is 24.6 Å². The van der Waals surface area contributed by atoms with Crippen molar-refractivity contribution in [2.75, 3.05) is 19.7 Å². The van der Waals surface area contributed by atoms with Crippen molar-refractivity contribution in [1.82, 2.24) is 9.88 Å². The van der Waals surface area contributed by atoms with Crippen LogP contribution in [0.1, 0.15) is 27.0 Å². The Balaban J connectivity index is 1.53. The van der Waals surface area contributed by atoms with Gasteiger partial charge in [0.05, 0.1) is 23.7 Å². The predicted octanol–water partition coefficient (Wildman–Crippen LogP) is 4.53. The number of hydrogen-bond donors (Lipinski definition) is 0. The van der Waals surface area contributed by atoms with Gasteiger partial charge in [0.2, 0.25) is 0 Å². The van der Waals surface area contributed by atoms with Crippen LogP contribution in [0.15, 0.2) is 41.8 Å². The van der Waals surface area contributed by atoms with Crippen molar-refractivity contribution in [1.29, 1.82) is 0 Å². The van der Waals surface area contributed by atoms with Crippen molar-refractivity contribution >= 4 is 28.6 Å². The van der Waals surface area contributed by atoms with Crippen LogP contribution in [-0.2, 0) is 4.74 Å². The van der Waals surface area contributed by atoms with Gasteiger partial charge in [-0.15, -0.1) is 22.7 Å². The second-order valence-electron chi connectivity index (χ2n) is 6.07. The van der Waals surface area contributed by atoms with Crippen LogP contribution in [0.5, 0.6) is 0 Å². The fourth-order valence-corrected chi connectivity index (χ4v) is 4.79. The van der Waals surface area contributed by atoms with Crippen LogP contribution in [-0.4, -0.2) is 35.5 Å². The number of aromatic nitrogens is 1. The monoisotopic (exact) mass is 388 g/mol. The molecule has 0 N–H and O–H groups in total. The van der Waals surface area contributed by atoms with Crippen LogP contribution in [0.25, 0.3) is 9.88 Å². The van der Waals surface area contributed by atoms with E-state index in [4.69, 9.17) is 4.74 Å². The first-order valence-corrected chi connectivity index (χ1v) is 9.99. The van der Waals surface area contributed by atoms with Crippen molar-refractivity contribution in [2.24, 2.45) is 0 Å². The molecular formula is C19H17FN2O2S2. The molecule has 1 unspecified atom stereocenters. The Kier molecular flexibility index (Phi) is 4.84. The summed E-state index contributed by atoms with van der Waals surface area (Å²) in [5, 5.41) is 2.88. The van der Waals surface area contributed by atoms with Crippen molar-refractivity contribution in [3.8, 4) is 9.88 Å². The normalized spacial score (nSPS) is 17.5. The minimum absolute atomic E-state index is 0.0155. The van der Waals surface area contributed by atoms with Gasteiger partial charge in [0, 0.05) is 6.54 Å². The maximum Gasteiger partial charge on any atom is 0.266 e. The number of halogens is 1. The molecule has 1 fully saturated rings. The summed E-state index contributed by atoms with van der Waals surface area (Å²) in [5.74, 6) is -0.294. The molecule has 2 aromatic heterocycles. The summed E-state index contributed by atoms with van der Waals surface area (Å²) in [7, 11) is 0. The van der Waals surface area contributed by atoms with Gasteiger partial charge >= 0.3 is 0 Å².